The van der Waals surface area contributed by atoms with E-state index in [4.69, 9.17) is 4.74 Å². The topological polar surface area (TPSA) is 21.3 Å². The summed E-state index contributed by atoms with van der Waals surface area (Å²) in [5, 5.41) is 3.37. The zero-order chi connectivity index (χ0) is 12.8. The monoisotopic (exact) mass is 235 g/mol. The van der Waals surface area contributed by atoms with Crippen LogP contribution in [0.1, 0.15) is 43.4 Å². The van der Waals surface area contributed by atoms with E-state index in [0.29, 0.717) is 5.92 Å². The van der Waals surface area contributed by atoms with Gasteiger partial charge in [0.05, 0.1) is 7.11 Å². The number of nitrogens with one attached hydrogen (secondary N) is 1. The molecule has 0 saturated heterocycles. The highest BCUT2D eigenvalue weighted by atomic mass is 16.5. The largest absolute Gasteiger partial charge is 0.496 e. The van der Waals surface area contributed by atoms with E-state index >= 15 is 0 Å². The molecule has 2 nitrogen and oxygen atoms in total. The van der Waals surface area contributed by atoms with Crippen molar-refractivity contribution in [1.82, 2.24) is 5.32 Å². The van der Waals surface area contributed by atoms with Crippen LogP contribution in [0, 0.1) is 6.92 Å². The maximum Gasteiger partial charge on any atom is 0.122 e. The maximum absolute atomic E-state index is 5.45. The molecule has 0 aliphatic carbocycles. The summed E-state index contributed by atoms with van der Waals surface area (Å²) in [7, 11) is 1.75. The first-order chi connectivity index (χ1) is 8.10. The number of benzene rings is 1. The molecule has 1 rings (SSSR count). The average Bonchev–Trinajstić information content (AvgIpc) is 2.30. The second kappa shape index (κ2) is 6.65. The smallest absolute Gasteiger partial charge is 0.122 e. The minimum absolute atomic E-state index is 0.503. The molecule has 0 radical (unpaired) electrons. The zero-order valence-electron chi connectivity index (χ0n) is 11.8. The highest BCUT2D eigenvalue weighted by molar-refractivity contribution is 5.44. The van der Waals surface area contributed by atoms with Crippen molar-refractivity contribution in [2.75, 3.05) is 20.2 Å². The van der Waals surface area contributed by atoms with E-state index in [1.54, 1.807) is 7.11 Å². The Kier molecular flexibility index (Phi) is 5.49. The zero-order valence-corrected chi connectivity index (χ0v) is 11.8. The molecule has 96 valence electrons. The van der Waals surface area contributed by atoms with Crippen LogP contribution in [0.5, 0.6) is 5.75 Å². The van der Waals surface area contributed by atoms with Gasteiger partial charge in [0.25, 0.3) is 0 Å². The van der Waals surface area contributed by atoms with E-state index in [2.05, 4.69) is 45.1 Å². The van der Waals surface area contributed by atoms with E-state index in [9.17, 15) is 0 Å². The van der Waals surface area contributed by atoms with Crippen molar-refractivity contribution in [1.29, 1.82) is 0 Å². The van der Waals surface area contributed by atoms with Gasteiger partial charge in [-0.05, 0) is 55.1 Å². The summed E-state index contributed by atoms with van der Waals surface area (Å²) < 4.78 is 5.45. The van der Waals surface area contributed by atoms with Crippen molar-refractivity contribution in [3.05, 3.63) is 28.8 Å². The normalized spacial score (nSPS) is 10.9. The lowest BCUT2D eigenvalue weighted by Gasteiger charge is -2.16. The Balaban J connectivity index is 2.94. The van der Waals surface area contributed by atoms with Gasteiger partial charge in [-0.15, -0.1) is 0 Å². The van der Waals surface area contributed by atoms with E-state index in [1.165, 1.54) is 16.7 Å². The molecule has 1 N–H and O–H groups in total. The summed E-state index contributed by atoms with van der Waals surface area (Å²) in [6.45, 7) is 10.8. The first-order valence-electron chi connectivity index (χ1n) is 6.48. The third-order valence-electron chi connectivity index (χ3n) is 3.13. The number of hydrogen-bond acceptors (Lipinski definition) is 2. The van der Waals surface area contributed by atoms with Crippen LogP contribution in [0.4, 0.5) is 0 Å². The molecule has 1 aromatic rings. The van der Waals surface area contributed by atoms with E-state index in [1.807, 2.05) is 0 Å². The molecule has 0 aliphatic rings. The summed E-state index contributed by atoms with van der Waals surface area (Å²) in [4.78, 5) is 0. The van der Waals surface area contributed by atoms with E-state index in [-0.39, 0.29) is 0 Å². The molecule has 0 bridgehead atoms. The summed E-state index contributed by atoms with van der Waals surface area (Å²) in [5.74, 6) is 1.52. The van der Waals surface area contributed by atoms with Gasteiger partial charge in [-0.2, -0.15) is 0 Å². The predicted octanol–water partition coefficient (Wildman–Crippen LogP) is 3.28. The molecular formula is C15H25NO. The fourth-order valence-electron chi connectivity index (χ4n) is 2.04. The van der Waals surface area contributed by atoms with Crippen molar-refractivity contribution in [2.24, 2.45) is 0 Å². The van der Waals surface area contributed by atoms with Crippen LogP contribution in [0.2, 0.25) is 0 Å². The summed E-state index contributed by atoms with van der Waals surface area (Å²) in [6, 6.07) is 4.47. The standard InChI is InChI=1S/C15H25NO/c1-6-16-8-7-13-10-14(11(2)3)15(17-5)9-12(13)4/h9-11,16H,6-8H2,1-5H3. The van der Waals surface area contributed by atoms with Crippen molar-refractivity contribution < 1.29 is 4.74 Å². The number of aryl methyl sites for hydroxylation is 1. The highest BCUT2D eigenvalue weighted by Crippen LogP contribution is 2.29. The van der Waals surface area contributed by atoms with Crippen LogP contribution in [0.25, 0.3) is 0 Å². The molecule has 1 aromatic carbocycles. The van der Waals surface area contributed by atoms with Gasteiger partial charge in [0, 0.05) is 0 Å². The maximum atomic E-state index is 5.45. The molecule has 0 atom stereocenters. The van der Waals surface area contributed by atoms with Crippen LogP contribution in [0.15, 0.2) is 12.1 Å². The summed E-state index contributed by atoms with van der Waals surface area (Å²) in [6.07, 6.45) is 1.09. The summed E-state index contributed by atoms with van der Waals surface area (Å²) in [5.41, 5.74) is 4.06. The lowest BCUT2D eigenvalue weighted by molar-refractivity contribution is 0.407. The van der Waals surface area contributed by atoms with Gasteiger partial charge in [0.2, 0.25) is 0 Å². The number of ether oxygens (including phenoxy) is 1. The van der Waals surface area contributed by atoms with Crippen LogP contribution in [-0.2, 0) is 6.42 Å². The molecule has 0 saturated carbocycles. The van der Waals surface area contributed by atoms with Crippen molar-refractivity contribution in [3.63, 3.8) is 0 Å². The number of hydrogen-bond donors (Lipinski definition) is 1. The minimum Gasteiger partial charge on any atom is -0.496 e. The Hall–Kier alpha value is -1.02. The van der Waals surface area contributed by atoms with Gasteiger partial charge in [-0.3, -0.25) is 0 Å². The van der Waals surface area contributed by atoms with E-state index in [0.717, 1.165) is 25.3 Å². The van der Waals surface area contributed by atoms with Gasteiger partial charge >= 0.3 is 0 Å². The third kappa shape index (κ3) is 3.74. The quantitative estimate of drug-likeness (QED) is 0.764. The second-order valence-electron chi connectivity index (χ2n) is 4.78. The lowest BCUT2D eigenvalue weighted by atomic mass is 9.95. The number of rotatable bonds is 6. The Labute approximate surface area is 105 Å². The molecule has 0 fully saturated rings. The van der Waals surface area contributed by atoms with Gasteiger partial charge in [-0.1, -0.05) is 26.8 Å². The van der Waals surface area contributed by atoms with Crippen LogP contribution < -0.4 is 10.1 Å². The highest BCUT2D eigenvalue weighted by Gasteiger charge is 2.10. The molecule has 0 aliphatic heterocycles. The van der Waals surface area contributed by atoms with Crippen molar-refractivity contribution >= 4 is 0 Å². The van der Waals surface area contributed by atoms with Crippen molar-refractivity contribution in [3.8, 4) is 5.75 Å². The van der Waals surface area contributed by atoms with Gasteiger partial charge in [0.1, 0.15) is 5.75 Å². The lowest BCUT2D eigenvalue weighted by Crippen LogP contribution is -2.16. The summed E-state index contributed by atoms with van der Waals surface area (Å²) >= 11 is 0. The minimum atomic E-state index is 0.503. The molecular weight excluding hydrogens is 210 g/mol. The Bertz CT molecular complexity index is 358. The first-order valence-corrected chi connectivity index (χ1v) is 6.48. The Morgan fingerprint density at radius 2 is 2.00 bits per heavy atom. The second-order valence-corrected chi connectivity index (χ2v) is 4.78. The van der Waals surface area contributed by atoms with Crippen LogP contribution in [-0.4, -0.2) is 20.2 Å². The number of likely N-dealkylation sites (N-methyl/N-ethyl adjacent to an activating group) is 1. The van der Waals surface area contributed by atoms with Crippen molar-refractivity contribution in [2.45, 2.75) is 40.0 Å². The molecule has 0 amide bonds. The SMILES string of the molecule is CCNCCc1cc(C(C)C)c(OC)cc1C. The van der Waals surface area contributed by atoms with Gasteiger partial charge in [0.15, 0.2) is 0 Å². The molecule has 0 heterocycles. The molecule has 0 aromatic heterocycles. The molecule has 0 spiro atoms. The molecule has 0 unspecified atom stereocenters. The van der Waals surface area contributed by atoms with Gasteiger partial charge in [-0.25, -0.2) is 0 Å². The third-order valence-corrected chi connectivity index (χ3v) is 3.13. The first kappa shape index (κ1) is 14.0. The van der Waals surface area contributed by atoms with E-state index < -0.39 is 0 Å². The predicted molar refractivity (Wildman–Crippen MR) is 74.1 cm³/mol. The Morgan fingerprint density at radius 1 is 1.29 bits per heavy atom. The fourth-order valence-corrected chi connectivity index (χ4v) is 2.04. The fraction of sp³-hybridized carbons (Fsp3) is 0.600. The molecule has 17 heavy (non-hydrogen) atoms. The average molecular weight is 235 g/mol. The molecule has 2 heteroatoms. The van der Waals surface area contributed by atoms with Crippen LogP contribution >= 0.6 is 0 Å². The van der Waals surface area contributed by atoms with Gasteiger partial charge < -0.3 is 10.1 Å². The van der Waals surface area contributed by atoms with Crippen LogP contribution in [0.3, 0.4) is 0 Å². The Morgan fingerprint density at radius 3 is 2.53 bits per heavy atom. The number of methoxy groups -OCH3 is 1.